The summed E-state index contributed by atoms with van der Waals surface area (Å²) in [6.45, 7) is 3.98. The number of rotatable bonds is 3. The van der Waals surface area contributed by atoms with Gasteiger partial charge >= 0.3 is 0 Å². The van der Waals surface area contributed by atoms with Gasteiger partial charge in [0.1, 0.15) is 5.82 Å². The Morgan fingerprint density at radius 1 is 1.37 bits per heavy atom. The van der Waals surface area contributed by atoms with Crippen molar-refractivity contribution in [1.29, 1.82) is 0 Å². The van der Waals surface area contributed by atoms with Crippen LogP contribution in [0.2, 0.25) is 5.02 Å². The van der Waals surface area contributed by atoms with Crippen molar-refractivity contribution < 1.29 is 0 Å². The van der Waals surface area contributed by atoms with Crippen LogP contribution < -0.4 is 11.3 Å². The lowest BCUT2D eigenvalue weighted by atomic mass is 10.1. The zero-order chi connectivity index (χ0) is 14.0. The number of nitrogens with two attached hydrogens (primary N) is 1. The van der Waals surface area contributed by atoms with Crippen molar-refractivity contribution in [3.63, 3.8) is 0 Å². The van der Waals surface area contributed by atoms with Crippen molar-refractivity contribution in [1.82, 2.24) is 9.97 Å². The second kappa shape index (κ2) is 5.86. The Morgan fingerprint density at radius 3 is 2.74 bits per heavy atom. The summed E-state index contributed by atoms with van der Waals surface area (Å²) in [5.41, 5.74) is 5.31. The Morgan fingerprint density at radius 2 is 2.11 bits per heavy atom. The molecule has 0 spiro atoms. The number of anilines is 1. The Kier molecular flexibility index (Phi) is 4.39. The molecule has 6 heteroatoms. The first-order valence-corrected chi connectivity index (χ1v) is 7.03. The van der Waals surface area contributed by atoms with E-state index in [2.05, 4.69) is 31.3 Å². The summed E-state index contributed by atoms with van der Waals surface area (Å²) in [5.74, 6) is 6.73. The van der Waals surface area contributed by atoms with E-state index in [9.17, 15) is 0 Å². The zero-order valence-corrected chi connectivity index (χ0v) is 13.0. The smallest absolute Gasteiger partial charge is 0.163 e. The monoisotopic (exact) mass is 340 g/mol. The lowest BCUT2D eigenvalue weighted by Crippen LogP contribution is -2.13. The van der Waals surface area contributed by atoms with Gasteiger partial charge in [-0.3, -0.25) is 0 Å². The van der Waals surface area contributed by atoms with Gasteiger partial charge in [-0.05, 0) is 31.5 Å². The van der Waals surface area contributed by atoms with Gasteiger partial charge in [-0.15, -0.1) is 0 Å². The van der Waals surface area contributed by atoms with Crippen molar-refractivity contribution >= 4 is 33.3 Å². The molecule has 1 aromatic heterocycles. The van der Waals surface area contributed by atoms with Gasteiger partial charge in [0.2, 0.25) is 0 Å². The molecule has 0 unspecified atom stereocenters. The Hall–Kier alpha value is -1.17. The quantitative estimate of drug-likeness (QED) is 0.660. The third kappa shape index (κ3) is 2.88. The number of hydrogen-bond acceptors (Lipinski definition) is 4. The second-order valence-electron chi connectivity index (χ2n) is 4.08. The van der Waals surface area contributed by atoms with Crippen LogP contribution in [0.5, 0.6) is 0 Å². The fourth-order valence-electron chi connectivity index (χ4n) is 1.93. The van der Waals surface area contributed by atoms with Crippen LogP contribution in [-0.4, -0.2) is 9.97 Å². The first-order valence-electron chi connectivity index (χ1n) is 5.86. The molecule has 3 N–H and O–H groups in total. The molecule has 1 heterocycles. The fraction of sp³-hybridized carbons (Fsp3) is 0.231. The van der Waals surface area contributed by atoms with Crippen molar-refractivity contribution in [2.45, 2.75) is 20.3 Å². The van der Waals surface area contributed by atoms with E-state index in [-0.39, 0.29) is 0 Å². The second-order valence-corrected chi connectivity index (χ2v) is 5.40. The van der Waals surface area contributed by atoms with Crippen LogP contribution in [0.4, 0.5) is 5.82 Å². The summed E-state index contributed by atoms with van der Waals surface area (Å²) in [6, 6.07) is 5.58. The fourth-order valence-corrected chi connectivity index (χ4v) is 2.49. The van der Waals surface area contributed by atoms with Crippen LogP contribution in [0.1, 0.15) is 18.2 Å². The summed E-state index contributed by atoms with van der Waals surface area (Å²) in [4.78, 5) is 8.96. The van der Waals surface area contributed by atoms with Crippen LogP contribution in [0.15, 0.2) is 22.7 Å². The predicted octanol–water partition coefficient (Wildman–Crippen LogP) is 3.72. The van der Waals surface area contributed by atoms with Gasteiger partial charge in [0, 0.05) is 21.3 Å². The van der Waals surface area contributed by atoms with Crippen molar-refractivity contribution in [2.24, 2.45) is 5.84 Å². The third-order valence-electron chi connectivity index (χ3n) is 2.87. The van der Waals surface area contributed by atoms with Crippen LogP contribution in [0, 0.1) is 6.92 Å². The molecule has 1 aromatic carbocycles. The molecule has 2 rings (SSSR count). The highest BCUT2D eigenvalue weighted by Gasteiger charge is 2.13. The number of nitrogens with zero attached hydrogens (tertiary/aromatic N) is 2. The molecule has 0 aliphatic heterocycles. The normalized spacial score (nSPS) is 10.6. The van der Waals surface area contributed by atoms with E-state index in [0.717, 1.165) is 27.7 Å². The highest BCUT2D eigenvalue weighted by Crippen LogP contribution is 2.30. The molecule has 4 nitrogen and oxygen atoms in total. The first kappa shape index (κ1) is 14.2. The number of halogens is 2. The molecule has 0 atom stereocenters. The molecule has 0 fully saturated rings. The summed E-state index contributed by atoms with van der Waals surface area (Å²) in [6.07, 6.45) is 0.817. The van der Waals surface area contributed by atoms with Gasteiger partial charge in [-0.1, -0.05) is 34.5 Å². The summed E-state index contributed by atoms with van der Waals surface area (Å²) in [7, 11) is 0. The molecule has 100 valence electrons. The minimum atomic E-state index is 0.564. The lowest BCUT2D eigenvalue weighted by Gasteiger charge is -2.12. The topological polar surface area (TPSA) is 63.8 Å². The lowest BCUT2D eigenvalue weighted by molar-refractivity contribution is 0.995. The molecular weight excluding hydrogens is 328 g/mol. The van der Waals surface area contributed by atoms with E-state index in [1.54, 1.807) is 0 Å². The predicted molar refractivity (Wildman–Crippen MR) is 82.1 cm³/mol. The van der Waals surface area contributed by atoms with E-state index in [4.69, 9.17) is 17.4 Å². The van der Waals surface area contributed by atoms with E-state index in [1.165, 1.54) is 0 Å². The number of hydrogen-bond donors (Lipinski definition) is 2. The summed E-state index contributed by atoms with van der Waals surface area (Å²) < 4.78 is 0.926. The number of benzene rings is 1. The van der Waals surface area contributed by atoms with Crippen LogP contribution in [-0.2, 0) is 6.42 Å². The Balaban J connectivity index is 2.63. The maximum atomic E-state index is 6.20. The first-order chi connectivity index (χ1) is 9.06. The zero-order valence-electron chi connectivity index (χ0n) is 10.7. The average molecular weight is 342 g/mol. The molecule has 0 saturated carbocycles. The van der Waals surface area contributed by atoms with E-state index < -0.39 is 0 Å². The minimum absolute atomic E-state index is 0.564. The molecular formula is C13H14BrClN4. The molecule has 2 aromatic rings. The molecule has 0 bridgehead atoms. The largest absolute Gasteiger partial charge is 0.308 e. The highest BCUT2D eigenvalue weighted by atomic mass is 79.9. The molecule has 0 amide bonds. The molecule has 19 heavy (non-hydrogen) atoms. The minimum Gasteiger partial charge on any atom is -0.308 e. The van der Waals surface area contributed by atoms with Crippen LogP contribution in [0.3, 0.4) is 0 Å². The number of hydrazine groups is 1. The highest BCUT2D eigenvalue weighted by molar-refractivity contribution is 9.10. The molecule has 0 aliphatic rings. The van der Waals surface area contributed by atoms with E-state index >= 15 is 0 Å². The summed E-state index contributed by atoms with van der Waals surface area (Å²) >= 11 is 9.62. The number of aromatic nitrogens is 2. The van der Waals surface area contributed by atoms with Crippen LogP contribution >= 0.6 is 27.5 Å². The molecule has 0 aliphatic carbocycles. The van der Waals surface area contributed by atoms with E-state index in [0.29, 0.717) is 16.7 Å². The van der Waals surface area contributed by atoms with Crippen molar-refractivity contribution in [3.8, 4) is 11.4 Å². The maximum absolute atomic E-state index is 6.20. The van der Waals surface area contributed by atoms with E-state index in [1.807, 2.05) is 32.0 Å². The van der Waals surface area contributed by atoms with Crippen molar-refractivity contribution in [2.75, 3.05) is 5.43 Å². The molecule has 0 saturated heterocycles. The average Bonchev–Trinajstić information content (AvgIpc) is 2.40. The van der Waals surface area contributed by atoms with Gasteiger partial charge in [0.25, 0.3) is 0 Å². The maximum Gasteiger partial charge on any atom is 0.163 e. The number of aryl methyl sites for hydroxylation is 1. The molecule has 0 radical (unpaired) electrons. The summed E-state index contributed by atoms with van der Waals surface area (Å²) in [5, 5.41) is 0.606. The van der Waals surface area contributed by atoms with Gasteiger partial charge in [0.15, 0.2) is 5.82 Å². The Labute approximate surface area is 125 Å². The standard InChI is InChI=1S/C13H14BrClN4/c1-3-9-7(2)17-12(18-13(9)19-16)10-6-8(14)4-5-11(10)15/h4-6H,3,16H2,1-2H3,(H,17,18,19). The van der Waals surface area contributed by atoms with Gasteiger partial charge in [0.05, 0.1) is 5.02 Å². The Bertz CT molecular complexity index is 616. The van der Waals surface area contributed by atoms with Crippen molar-refractivity contribution in [3.05, 3.63) is 39.0 Å². The van der Waals surface area contributed by atoms with Crippen LogP contribution in [0.25, 0.3) is 11.4 Å². The van der Waals surface area contributed by atoms with Gasteiger partial charge in [-0.25, -0.2) is 15.8 Å². The van der Waals surface area contributed by atoms with Gasteiger partial charge < -0.3 is 5.43 Å². The van der Waals surface area contributed by atoms with Gasteiger partial charge in [-0.2, -0.15) is 0 Å². The SMILES string of the molecule is CCc1c(C)nc(-c2cc(Br)ccc2Cl)nc1NN. The number of nitrogens with one attached hydrogen (secondary N) is 1. The third-order valence-corrected chi connectivity index (χ3v) is 3.70. The number of nitrogen functional groups attached to an aromatic ring is 1.